The van der Waals surface area contributed by atoms with E-state index in [0.29, 0.717) is 11.4 Å². The van der Waals surface area contributed by atoms with Crippen molar-refractivity contribution in [1.29, 1.82) is 0 Å². The summed E-state index contributed by atoms with van der Waals surface area (Å²) in [6, 6.07) is 7.62. The minimum atomic E-state index is -0.239. The Bertz CT molecular complexity index is 933. The first-order valence-corrected chi connectivity index (χ1v) is 7.80. The van der Waals surface area contributed by atoms with Crippen LogP contribution in [0.5, 0.6) is 5.75 Å². The molecule has 0 atom stereocenters. The maximum atomic E-state index is 11.8. The molecule has 2 aromatic heterocycles. The molecule has 1 aromatic carbocycles. The topological polar surface area (TPSA) is 78.3 Å². The quantitative estimate of drug-likeness (QED) is 0.772. The predicted octanol–water partition coefficient (Wildman–Crippen LogP) is 2.54. The number of fused-ring (bicyclic) bond motifs is 1. The number of pyridine rings is 1. The van der Waals surface area contributed by atoms with E-state index in [-0.39, 0.29) is 12.5 Å². The molecule has 3 rings (SSSR count). The van der Waals surface area contributed by atoms with Crippen LogP contribution in [0, 0.1) is 6.92 Å². The maximum Gasteiger partial charge on any atom is 0.250 e. The molecule has 0 unspecified atom stereocenters. The molecule has 0 aliphatic heterocycles. The molecule has 130 valence electrons. The zero-order valence-electron chi connectivity index (χ0n) is 14.7. The maximum absolute atomic E-state index is 11.8. The number of benzene rings is 1. The molecule has 0 saturated carbocycles. The second-order valence-electron chi connectivity index (χ2n) is 5.72. The summed E-state index contributed by atoms with van der Waals surface area (Å²) in [4.78, 5) is 16.6. The first-order chi connectivity index (χ1) is 12.0. The van der Waals surface area contributed by atoms with Gasteiger partial charge in [-0.25, -0.2) is 4.98 Å². The first kappa shape index (κ1) is 16.9. The van der Waals surface area contributed by atoms with Crippen molar-refractivity contribution in [2.75, 3.05) is 26.1 Å². The number of methoxy groups -OCH3 is 2. The molecule has 25 heavy (non-hydrogen) atoms. The number of hydrogen-bond donors (Lipinski definition) is 1. The number of hydrogen-bond acceptors (Lipinski definition) is 5. The van der Waals surface area contributed by atoms with E-state index in [9.17, 15) is 4.79 Å². The van der Waals surface area contributed by atoms with Crippen LogP contribution in [-0.2, 0) is 16.6 Å². The summed E-state index contributed by atoms with van der Waals surface area (Å²) < 4.78 is 12.1. The zero-order valence-corrected chi connectivity index (χ0v) is 14.7. The van der Waals surface area contributed by atoms with Gasteiger partial charge in [-0.1, -0.05) is 0 Å². The van der Waals surface area contributed by atoms with Gasteiger partial charge in [-0.15, -0.1) is 0 Å². The van der Waals surface area contributed by atoms with Gasteiger partial charge in [0.1, 0.15) is 12.4 Å². The van der Waals surface area contributed by atoms with Crippen molar-refractivity contribution >= 4 is 22.5 Å². The van der Waals surface area contributed by atoms with E-state index >= 15 is 0 Å². The smallest absolute Gasteiger partial charge is 0.250 e. The van der Waals surface area contributed by atoms with E-state index < -0.39 is 0 Å². The van der Waals surface area contributed by atoms with Crippen LogP contribution in [0.2, 0.25) is 0 Å². The summed E-state index contributed by atoms with van der Waals surface area (Å²) in [5.74, 6) is 0.309. The second-order valence-corrected chi connectivity index (χ2v) is 5.72. The number of ether oxygens (including phenoxy) is 2. The molecule has 0 bridgehead atoms. The molecule has 0 saturated heterocycles. The molecule has 1 N–H and O–H groups in total. The van der Waals surface area contributed by atoms with E-state index in [4.69, 9.17) is 14.5 Å². The third kappa shape index (κ3) is 3.32. The third-order valence-electron chi connectivity index (χ3n) is 3.97. The Hall–Kier alpha value is -2.93. The van der Waals surface area contributed by atoms with Crippen LogP contribution in [0.4, 0.5) is 5.69 Å². The van der Waals surface area contributed by atoms with Crippen LogP contribution in [0.3, 0.4) is 0 Å². The van der Waals surface area contributed by atoms with Gasteiger partial charge in [-0.05, 0) is 30.7 Å². The van der Waals surface area contributed by atoms with E-state index in [1.807, 2.05) is 38.2 Å². The van der Waals surface area contributed by atoms with Gasteiger partial charge in [0.15, 0.2) is 0 Å². The highest BCUT2D eigenvalue weighted by Crippen LogP contribution is 2.33. The molecular weight excluding hydrogens is 320 g/mol. The number of carbonyl (C=O) groups is 1. The fourth-order valence-corrected chi connectivity index (χ4v) is 2.76. The molecule has 0 aliphatic carbocycles. The summed E-state index contributed by atoms with van der Waals surface area (Å²) in [7, 11) is 4.92. The SMILES string of the molecule is COCC(=O)Nc1cc2c(C)cc(-c3ccnn3C)nc2cc1OC. The van der Waals surface area contributed by atoms with Crippen molar-refractivity contribution in [1.82, 2.24) is 14.8 Å². The molecule has 0 spiro atoms. The Morgan fingerprint density at radius 2 is 2.08 bits per heavy atom. The largest absolute Gasteiger partial charge is 0.494 e. The number of aromatic nitrogens is 3. The number of nitrogens with one attached hydrogen (secondary N) is 1. The van der Waals surface area contributed by atoms with E-state index in [0.717, 1.165) is 27.9 Å². The van der Waals surface area contributed by atoms with Crippen molar-refractivity contribution in [3.05, 3.63) is 36.0 Å². The lowest BCUT2D eigenvalue weighted by molar-refractivity contribution is -0.119. The highest BCUT2D eigenvalue weighted by molar-refractivity contribution is 5.97. The molecule has 2 heterocycles. The van der Waals surface area contributed by atoms with Crippen LogP contribution in [0.25, 0.3) is 22.3 Å². The summed E-state index contributed by atoms with van der Waals surface area (Å²) in [5, 5.41) is 7.94. The van der Waals surface area contributed by atoms with Gasteiger partial charge in [0.25, 0.3) is 0 Å². The predicted molar refractivity (Wildman–Crippen MR) is 95.7 cm³/mol. The van der Waals surface area contributed by atoms with Crippen molar-refractivity contribution in [2.45, 2.75) is 6.92 Å². The zero-order chi connectivity index (χ0) is 18.0. The monoisotopic (exact) mass is 340 g/mol. The summed E-state index contributed by atoms with van der Waals surface area (Å²) in [6.07, 6.45) is 1.74. The molecule has 7 nitrogen and oxygen atoms in total. The Morgan fingerprint density at radius 3 is 2.72 bits per heavy atom. The van der Waals surface area contributed by atoms with Gasteiger partial charge in [-0.2, -0.15) is 5.10 Å². The molecule has 1 amide bonds. The van der Waals surface area contributed by atoms with Crippen LogP contribution >= 0.6 is 0 Å². The van der Waals surface area contributed by atoms with Gasteiger partial charge in [0.2, 0.25) is 5.91 Å². The first-order valence-electron chi connectivity index (χ1n) is 7.80. The fraction of sp³-hybridized carbons (Fsp3) is 0.278. The van der Waals surface area contributed by atoms with Crippen molar-refractivity contribution in [3.8, 4) is 17.1 Å². The molecule has 0 fully saturated rings. The van der Waals surface area contributed by atoms with E-state index in [1.54, 1.807) is 18.0 Å². The van der Waals surface area contributed by atoms with Crippen molar-refractivity contribution < 1.29 is 14.3 Å². The van der Waals surface area contributed by atoms with Crippen LogP contribution in [0.1, 0.15) is 5.56 Å². The van der Waals surface area contributed by atoms with E-state index in [2.05, 4.69) is 10.4 Å². The summed E-state index contributed by atoms with van der Waals surface area (Å²) in [6.45, 7) is 2.00. The van der Waals surface area contributed by atoms with Gasteiger partial charge in [0, 0.05) is 31.8 Å². The van der Waals surface area contributed by atoms with Gasteiger partial charge in [0.05, 0.1) is 29.7 Å². The average Bonchev–Trinajstić information content (AvgIpc) is 3.01. The Kier molecular flexibility index (Phi) is 4.67. The van der Waals surface area contributed by atoms with Gasteiger partial charge in [-0.3, -0.25) is 9.48 Å². The number of anilines is 1. The highest BCUT2D eigenvalue weighted by Gasteiger charge is 2.13. The molecule has 0 aliphatic rings. The highest BCUT2D eigenvalue weighted by atomic mass is 16.5. The number of carbonyl (C=O) groups excluding carboxylic acids is 1. The molecular formula is C18H20N4O3. The van der Waals surface area contributed by atoms with Crippen LogP contribution in [-0.4, -0.2) is 41.5 Å². The van der Waals surface area contributed by atoms with Gasteiger partial charge < -0.3 is 14.8 Å². The normalized spacial score (nSPS) is 10.9. The number of rotatable bonds is 5. The minimum Gasteiger partial charge on any atom is -0.494 e. The fourth-order valence-electron chi connectivity index (χ4n) is 2.76. The standard InChI is InChI=1S/C18H20N4O3/c1-11-7-14(16-5-6-19-22(16)2)20-13-9-17(25-4)15(8-12(11)13)21-18(23)10-24-3/h5-9H,10H2,1-4H3,(H,21,23). The Balaban J connectivity index is 2.10. The van der Waals surface area contributed by atoms with Gasteiger partial charge >= 0.3 is 0 Å². The number of amides is 1. The minimum absolute atomic E-state index is 0.0160. The molecule has 0 radical (unpaired) electrons. The average molecular weight is 340 g/mol. The Morgan fingerprint density at radius 1 is 1.28 bits per heavy atom. The van der Waals surface area contributed by atoms with Crippen LogP contribution in [0.15, 0.2) is 30.5 Å². The lowest BCUT2D eigenvalue weighted by atomic mass is 10.1. The summed E-state index contributed by atoms with van der Waals surface area (Å²) >= 11 is 0. The summed E-state index contributed by atoms with van der Waals surface area (Å²) in [5.41, 5.74) is 4.20. The Labute approximate surface area is 145 Å². The lowest BCUT2D eigenvalue weighted by Gasteiger charge is -2.13. The lowest BCUT2D eigenvalue weighted by Crippen LogP contribution is -2.17. The molecule has 3 aromatic rings. The van der Waals surface area contributed by atoms with Crippen molar-refractivity contribution in [3.63, 3.8) is 0 Å². The van der Waals surface area contributed by atoms with E-state index in [1.165, 1.54) is 7.11 Å². The number of aryl methyl sites for hydroxylation is 2. The number of nitrogens with zero attached hydrogens (tertiary/aromatic N) is 3. The second kappa shape index (κ2) is 6.90. The molecule has 7 heteroatoms. The van der Waals surface area contributed by atoms with Crippen LogP contribution < -0.4 is 10.1 Å². The third-order valence-corrected chi connectivity index (χ3v) is 3.97. The van der Waals surface area contributed by atoms with Crippen molar-refractivity contribution in [2.24, 2.45) is 7.05 Å².